The number of likely N-dealkylation sites (tertiary alicyclic amines) is 1. The zero-order valence-corrected chi connectivity index (χ0v) is 14.5. The summed E-state index contributed by atoms with van der Waals surface area (Å²) < 4.78 is 5.65. The van der Waals surface area contributed by atoms with Gasteiger partial charge in [-0.05, 0) is 75.3 Å². The van der Waals surface area contributed by atoms with E-state index in [1.807, 2.05) is 18.2 Å². The zero-order chi connectivity index (χ0) is 16.8. The minimum atomic E-state index is -0.158. The summed E-state index contributed by atoms with van der Waals surface area (Å²) in [6, 6.07) is 10.9. The molecule has 1 N–H and O–H groups in total. The molecule has 0 aliphatic carbocycles. The number of rotatable bonds is 6. The molecular formula is C19H23ClN2O2. The number of carbonyl (C=O) groups is 1. The van der Waals surface area contributed by atoms with Crippen LogP contribution in [-0.2, 0) is 0 Å². The number of amides is 1. The van der Waals surface area contributed by atoms with E-state index in [0.717, 1.165) is 18.5 Å². The molecule has 1 aliphatic rings. The fourth-order valence-corrected chi connectivity index (χ4v) is 3.13. The summed E-state index contributed by atoms with van der Waals surface area (Å²) in [7, 11) is 0. The highest BCUT2D eigenvalue weighted by Gasteiger charge is 2.13. The summed E-state index contributed by atoms with van der Waals surface area (Å²) in [6.45, 7) is 4.11. The Balaban J connectivity index is 1.46. The van der Waals surface area contributed by atoms with Gasteiger partial charge in [0.15, 0.2) is 5.76 Å². The highest BCUT2D eigenvalue weighted by Crippen LogP contribution is 2.23. The van der Waals surface area contributed by atoms with E-state index in [2.05, 4.69) is 10.2 Å². The second-order valence-electron chi connectivity index (χ2n) is 6.18. The molecule has 128 valence electrons. The molecule has 5 heteroatoms. The zero-order valence-electron chi connectivity index (χ0n) is 13.8. The topological polar surface area (TPSA) is 45.5 Å². The molecule has 2 heterocycles. The van der Waals surface area contributed by atoms with Gasteiger partial charge in [-0.25, -0.2) is 0 Å². The van der Waals surface area contributed by atoms with Gasteiger partial charge in [0.2, 0.25) is 0 Å². The molecule has 1 aromatic carbocycles. The van der Waals surface area contributed by atoms with E-state index in [-0.39, 0.29) is 5.91 Å². The number of furan rings is 1. The summed E-state index contributed by atoms with van der Waals surface area (Å²) in [5.74, 6) is 0.858. The third kappa shape index (κ3) is 4.62. The summed E-state index contributed by atoms with van der Waals surface area (Å²) in [5, 5.41) is 3.61. The number of halogens is 1. The Morgan fingerprint density at radius 2 is 1.83 bits per heavy atom. The van der Waals surface area contributed by atoms with Crippen molar-refractivity contribution in [1.29, 1.82) is 0 Å². The molecule has 3 rings (SSSR count). The van der Waals surface area contributed by atoms with Crippen LogP contribution in [0.4, 0.5) is 0 Å². The Morgan fingerprint density at radius 3 is 2.58 bits per heavy atom. The Morgan fingerprint density at radius 1 is 1.08 bits per heavy atom. The van der Waals surface area contributed by atoms with Crippen LogP contribution in [0.1, 0.15) is 36.2 Å². The molecular weight excluding hydrogens is 324 g/mol. The first-order chi connectivity index (χ1) is 11.7. The predicted molar refractivity (Wildman–Crippen MR) is 96.4 cm³/mol. The number of benzene rings is 1. The molecule has 1 saturated heterocycles. The van der Waals surface area contributed by atoms with Crippen molar-refractivity contribution in [1.82, 2.24) is 10.2 Å². The first kappa shape index (κ1) is 17.1. The van der Waals surface area contributed by atoms with E-state index in [0.29, 0.717) is 23.1 Å². The molecule has 24 heavy (non-hydrogen) atoms. The molecule has 1 aromatic heterocycles. The van der Waals surface area contributed by atoms with Crippen LogP contribution in [0.15, 0.2) is 40.8 Å². The van der Waals surface area contributed by atoms with E-state index in [4.69, 9.17) is 16.0 Å². The lowest BCUT2D eigenvalue weighted by molar-refractivity contribution is 0.0924. The maximum atomic E-state index is 12.2. The summed E-state index contributed by atoms with van der Waals surface area (Å²) in [4.78, 5) is 14.6. The van der Waals surface area contributed by atoms with Crippen LogP contribution in [0, 0.1) is 0 Å². The molecule has 0 radical (unpaired) electrons. The molecule has 1 fully saturated rings. The number of hydrogen-bond donors (Lipinski definition) is 1. The summed E-state index contributed by atoms with van der Waals surface area (Å²) in [5.41, 5.74) is 0.906. The van der Waals surface area contributed by atoms with Gasteiger partial charge in [-0.15, -0.1) is 0 Å². The summed E-state index contributed by atoms with van der Waals surface area (Å²) >= 11 is 5.88. The van der Waals surface area contributed by atoms with Crippen LogP contribution in [0.25, 0.3) is 11.3 Å². The molecule has 0 atom stereocenters. The minimum absolute atomic E-state index is 0.158. The van der Waals surface area contributed by atoms with Crippen molar-refractivity contribution in [2.45, 2.75) is 25.7 Å². The van der Waals surface area contributed by atoms with Gasteiger partial charge in [0.1, 0.15) is 5.76 Å². The highest BCUT2D eigenvalue weighted by molar-refractivity contribution is 6.30. The lowest BCUT2D eigenvalue weighted by atomic mass is 10.1. The SMILES string of the molecule is O=C(NCCCN1CCCCC1)c1ccc(-c2ccc(Cl)cc2)o1. The lowest BCUT2D eigenvalue weighted by Crippen LogP contribution is -2.33. The van der Waals surface area contributed by atoms with E-state index in [9.17, 15) is 4.79 Å². The molecule has 2 aromatic rings. The van der Waals surface area contributed by atoms with Gasteiger partial charge in [0, 0.05) is 17.1 Å². The van der Waals surface area contributed by atoms with Gasteiger partial charge in [0.25, 0.3) is 5.91 Å². The Labute approximate surface area is 147 Å². The van der Waals surface area contributed by atoms with Crippen molar-refractivity contribution in [3.05, 3.63) is 47.2 Å². The van der Waals surface area contributed by atoms with Crippen molar-refractivity contribution in [2.24, 2.45) is 0 Å². The average molecular weight is 347 g/mol. The standard InChI is InChI=1S/C19H23ClN2O2/c20-16-7-5-15(6-8-16)17-9-10-18(24-17)19(23)21-11-4-14-22-12-2-1-3-13-22/h5-10H,1-4,11-14H2,(H,21,23). The van der Waals surface area contributed by atoms with Crippen molar-refractivity contribution in [3.8, 4) is 11.3 Å². The van der Waals surface area contributed by atoms with Gasteiger partial charge in [0.05, 0.1) is 0 Å². The second kappa shape index (κ2) is 8.36. The van der Waals surface area contributed by atoms with Gasteiger partial charge in [-0.1, -0.05) is 18.0 Å². The maximum absolute atomic E-state index is 12.2. The van der Waals surface area contributed by atoms with Crippen molar-refractivity contribution >= 4 is 17.5 Å². The van der Waals surface area contributed by atoms with E-state index < -0.39 is 0 Å². The van der Waals surface area contributed by atoms with Crippen LogP contribution < -0.4 is 5.32 Å². The summed E-state index contributed by atoms with van der Waals surface area (Å²) in [6.07, 6.45) is 4.91. The van der Waals surface area contributed by atoms with E-state index in [1.165, 1.54) is 32.4 Å². The van der Waals surface area contributed by atoms with Gasteiger partial charge < -0.3 is 14.6 Å². The van der Waals surface area contributed by atoms with Gasteiger partial charge in [-0.2, -0.15) is 0 Å². The number of piperidine rings is 1. The molecule has 4 nitrogen and oxygen atoms in total. The number of nitrogens with zero attached hydrogens (tertiary/aromatic N) is 1. The molecule has 0 spiro atoms. The normalized spacial score (nSPS) is 15.4. The van der Waals surface area contributed by atoms with Crippen LogP contribution in [0.2, 0.25) is 5.02 Å². The monoisotopic (exact) mass is 346 g/mol. The quantitative estimate of drug-likeness (QED) is 0.797. The molecule has 0 unspecified atom stereocenters. The fraction of sp³-hybridized carbons (Fsp3) is 0.421. The maximum Gasteiger partial charge on any atom is 0.287 e. The van der Waals surface area contributed by atoms with Crippen molar-refractivity contribution < 1.29 is 9.21 Å². The predicted octanol–water partition coefficient (Wildman–Crippen LogP) is 4.21. The first-order valence-electron chi connectivity index (χ1n) is 8.59. The molecule has 0 saturated carbocycles. The van der Waals surface area contributed by atoms with E-state index >= 15 is 0 Å². The average Bonchev–Trinajstić information content (AvgIpc) is 3.10. The Kier molecular flexibility index (Phi) is 5.94. The van der Waals surface area contributed by atoms with Crippen LogP contribution in [0.5, 0.6) is 0 Å². The second-order valence-corrected chi connectivity index (χ2v) is 6.62. The Bertz CT molecular complexity index is 660. The third-order valence-electron chi connectivity index (χ3n) is 4.34. The largest absolute Gasteiger partial charge is 0.451 e. The molecule has 1 aliphatic heterocycles. The van der Waals surface area contributed by atoms with E-state index in [1.54, 1.807) is 18.2 Å². The van der Waals surface area contributed by atoms with Crippen molar-refractivity contribution in [3.63, 3.8) is 0 Å². The number of hydrogen-bond acceptors (Lipinski definition) is 3. The van der Waals surface area contributed by atoms with Crippen LogP contribution in [0.3, 0.4) is 0 Å². The third-order valence-corrected chi connectivity index (χ3v) is 4.60. The molecule has 0 bridgehead atoms. The minimum Gasteiger partial charge on any atom is -0.451 e. The van der Waals surface area contributed by atoms with Crippen LogP contribution >= 0.6 is 11.6 Å². The van der Waals surface area contributed by atoms with Gasteiger partial charge >= 0.3 is 0 Å². The van der Waals surface area contributed by atoms with Crippen molar-refractivity contribution in [2.75, 3.05) is 26.2 Å². The van der Waals surface area contributed by atoms with Gasteiger partial charge in [-0.3, -0.25) is 4.79 Å². The number of nitrogens with one attached hydrogen (secondary N) is 1. The highest BCUT2D eigenvalue weighted by atomic mass is 35.5. The molecule has 1 amide bonds. The smallest absolute Gasteiger partial charge is 0.287 e. The Hall–Kier alpha value is -1.78. The fourth-order valence-electron chi connectivity index (χ4n) is 3.00. The lowest BCUT2D eigenvalue weighted by Gasteiger charge is -2.26. The first-order valence-corrected chi connectivity index (χ1v) is 8.96. The van der Waals surface area contributed by atoms with Crippen LogP contribution in [-0.4, -0.2) is 37.0 Å². The number of carbonyl (C=O) groups excluding carboxylic acids is 1.